The molecule has 3 rings (SSSR count). The van der Waals surface area contributed by atoms with Gasteiger partial charge in [-0.05, 0) is 44.1 Å². The molecule has 1 aliphatic rings. The average molecular weight is 281 g/mol. The highest BCUT2D eigenvalue weighted by Crippen LogP contribution is 2.34. The summed E-state index contributed by atoms with van der Waals surface area (Å²) in [5.74, 6) is 0.994. The number of rotatable bonds is 4. The molecule has 0 aliphatic carbocycles. The molecular formula is C18H23N3. The van der Waals surface area contributed by atoms with E-state index >= 15 is 0 Å². The Hall–Kier alpha value is -1.87. The fourth-order valence-corrected chi connectivity index (χ4v) is 3.17. The van der Waals surface area contributed by atoms with Crippen molar-refractivity contribution >= 4 is 11.5 Å². The molecule has 2 heterocycles. The molecule has 3 nitrogen and oxygen atoms in total. The minimum atomic E-state index is 0.490. The highest BCUT2D eigenvalue weighted by atomic mass is 15.2. The number of aromatic nitrogens is 1. The predicted octanol–water partition coefficient (Wildman–Crippen LogP) is 4.37. The number of likely N-dealkylation sites (tertiary alicyclic amines) is 1. The molecular weight excluding hydrogens is 258 g/mol. The maximum atomic E-state index is 4.58. The second-order valence-electron chi connectivity index (χ2n) is 5.57. The predicted molar refractivity (Wildman–Crippen MR) is 87.8 cm³/mol. The van der Waals surface area contributed by atoms with Gasteiger partial charge in [-0.3, -0.25) is 4.90 Å². The Balaban J connectivity index is 1.88. The van der Waals surface area contributed by atoms with E-state index in [-0.39, 0.29) is 0 Å². The third-order valence-corrected chi connectivity index (χ3v) is 4.25. The Bertz CT molecular complexity index is 568. The van der Waals surface area contributed by atoms with E-state index in [1.807, 2.05) is 30.5 Å². The van der Waals surface area contributed by atoms with Crippen LogP contribution in [-0.2, 0) is 0 Å². The zero-order valence-electron chi connectivity index (χ0n) is 12.6. The summed E-state index contributed by atoms with van der Waals surface area (Å²) in [6.07, 6.45) is 5.71. The number of benzene rings is 1. The fraction of sp³-hybridized carbons (Fsp3) is 0.389. The van der Waals surface area contributed by atoms with E-state index in [0.717, 1.165) is 18.1 Å². The lowest BCUT2D eigenvalue weighted by molar-refractivity contribution is 0.157. The normalized spacial score (nSPS) is 19.4. The molecule has 2 aromatic rings. The average Bonchev–Trinajstić information content (AvgIpc) is 2.56. The summed E-state index contributed by atoms with van der Waals surface area (Å²) in [6.45, 7) is 4.55. The van der Waals surface area contributed by atoms with Crippen LogP contribution in [0.1, 0.15) is 37.8 Å². The number of hydrogen-bond acceptors (Lipinski definition) is 3. The standard InChI is InChI=1S/C18H23N3/c1-2-21-14-7-6-12-17(21)16-11-8-13-19-18(16)20-15-9-4-3-5-10-15/h3-5,8-11,13,17H,2,6-7,12,14H2,1H3,(H,19,20). The lowest BCUT2D eigenvalue weighted by atomic mass is 9.95. The Labute approximate surface area is 127 Å². The lowest BCUT2D eigenvalue weighted by Gasteiger charge is -2.35. The van der Waals surface area contributed by atoms with Crippen molar-refractivity contribution in [1.29, 1.82) is 0 Å². The van der Waals surface area contributed by atoms with Gasteiger partial charge in [-0.25, -0.2) is 4.98 Å². The molecule has 1 aromatic carbocycles. The van der Waals surface area contributed by atoms with E-state index in [1.165, 1.54) is 31.4 Å². The summed E-state index contributed by atoms with van der Waals surface area (Å²) in [6, 6.07) is 15.0. The van der Waals surface area contributed by atoms with Crippen LogP contribution in [-0.4, -0.2) is 23.0 Å². The summed E-state index contributed by atoms with van der Waals surface area (Å²) in [7, 11) is 0. The first-order valence-corrected chi connectivity index (χ1v) is 7.89. The van der Waals surface area contributed by atoms with Gasteiger partial charge in [0.15, 0.2) is 0 Å². The van der Waals surface area contributed by atoms with Gasteiger partial charge in [0.1, 0.15) is 5.82 Å². The molecule has 0 saturated carbocycles. The third kappa shape index (κ3) is 3.24. The van der Waals surface area contributed by atoms with Crippen LogP contribution in [0.25, 0.3) is 0 Å². The van der Waals surface area contributed by atoms with Crippen molar-refractivity contribution < 1.29 is 0 Å². The van der Waals surface area contributed by atoms with Gasteiger partial charge in [0.25, 0.3) is 0 Å². The number of pyridine rings is 1. The van der Waals surface area contributed by atoms with Gasteiger partial charge in [0.2, 0.25) is 0 Å². The molecule has 1 atom stereocenters. The summed E-state index contributed by atoms with van der Waals surface area (Å²) in [4.78, 5) is 7.15. The maximum Gasteiger partial charge on any atom is 0.135 e. The van der Waals surface area contributed by atoms with Crippen LogP contribution in [0.2, 0.25) is 0 Å². The first kappa shape index (κ1) is 14.1. The highest BCUT2D eigenvalue weighted by Gasteiger charge is 2.25. The molecule has 1 N–H and O–H groups in total. The number of para-hydroxylation sites is 1. The quantitative estimate of drug-likeness (QED) is 0.902. The second-order valence-corrected chi connectivity index (χ2v) is 5.57. The largest absolute Gasteiger partial charge is 0.340 e. The molecule has 0 bridgehead atoms. The minimum Gasteiger partial charge on any atom is -0.340 e. The van der Waals surface area contributed by atoms with Crippen LogP contribution in [0, 0.1) is 0 Å². The van der Waals surface area contributed by atoms with Gasteiger partial charge < -0.3 is 5.32 Å². The molecule has 1 aliphatic heterocycles. The minimum absolute atomic E-state index is 0.490. The van der Waals surface area contributed by atoms with E-state index in [0.29, 0.717) is 6.04 Å². The van der Waals surface area contributed by atoms with E-state index in [4.69, 9.17) is 0 Å². The molecule has 110 valence electrons. The smallest absolute Gasteiger partial charge is 0.135 e. The molecule has 1 aromatic heterocycles. The Morgan fingerprint density at radius 1 is 1.14 bits per heavy atom. The molecule has 21 heavy (non-hydrogen) atoms. The summed E-state index contributed by atoms with van der Waals surface area (Å²) in [5.41, 5.74) is 2.42. The molecule has 3 heteroatoms. The van der Waals surface area contributed by atoms with Crippen LogP contribution in [0.4, 0.5) is 11.5 Å². The van der Waals surface area contributed by atoms with Crippen molar-refractivity contribution in [3.8, 4) is 0 Å². The SMILES string of the molecule is CCN1CCCCC1c1cccnc1Nc1ccccc1. The van der Waals surface area contributed by atoms with Gasteiger partial charge >= 0.3 is 0 Å². The van der Waals surface area contributed by atoms with Crippen molar-refractivity contribution in [2.75, 3.05) is 18.4 Å². The third-order valence-electron chi connectivity index (χ3n) is 4.25. The number of anilines is 2. The first-order chi connectivity index (χ1) is 10.4. The van der Waals surface area contributed by atoms with E-state index in [2.05, 4.69) is 40.3 Å². The molecule has 0 spiro atoms. The monoisotopic (exact) mass is 281 g/mol. The molecule has 1 saturated heterocycles. The summed E-state index contributed by atoms with van der Waals surface area (Å²) < 4.78 is 0. The Morgan fingerprint density at radius 3 is 2.81 bits per heavy atom. The van der Waals surface area contributed by atoms with E-state index in [1.54, 1.807) is 0 Å². The number of nitrogens with one attached hydrogen (secondary N) is 1. The van der Waals surface area contributed by atoms with Gasteiger partial charge in [-0.15, -0.1) is 0 Å². The fourth-order valence-electron chi connectivity index (χ4n) is 3.17. The lowest BCUT2D eigenvalue weighted by Crippen LogP contribution is -2.33. The van der Waals surface area contributed by atoms with Crippen LogP contribution < -0.4 is 5.32 Å². The van der Waals surface area contributed by atoms with Crippen LogP contribution in [0.15, 0.2) is 48.7 Å². The highest BCUT2D eigenvalue weighted by molar-refractivity contribution is 5.59. The van der Waals surface area contributed by atoms with Crippen LogP contribution in [0.3, 0.4) is 0 Å². The number of hydrogen-bond donors (Lipinski definition) is 1. The van der Waals surface area contributed by atoms with Gasteiger partial charge in [0, 0.05) is 23.5 Å². The van der Waals surface area contributed by atoms with Crippen LogP contribution in [0.5, 0.6) is 0 Å². The van der Waals surface area contributed by atoms with Crippen molar-refractivity contribution in [1.82, 2.24) is 9.88 Å². The van der Waals surface area contributed by atoms with Crippen molar-refractivity contribution in [3.63, 3.8) is 0 Å². The van der Waals surface area contributed by atoms with E-state index in [9.17, 15) is 0 Å². The number of piperidine rings is 1. The maximum absolute atomic E-state index is 4.58. The second kappa shape index (κ2) is 6.72. The van der Waals surface area contributed by atoms with Crippen molar-refractivity contribution in [2.45, 2.75) is 32.2 Å². The zero-order valence-corrected chi connectivity index (χ0v) is 12.6. The van der Waals surface area contributed by atoms with Crippen LogP contribution >= 0.6 is 0 Å². The first-order valence-electron chi connectivity index (χ1n) is 7.89. The topological polar surface area (TPSA) is 28.2 Å². The molecule has 0 radical (unpaired) electrons. The van der Waals surface area contributed by atoms with E-state index < -0.39 is 0 Å². The Morgan fingerprint density at radius 2 is 2.00 bits per heavy atom. The van der Waals surface area contributed by atoms with Gasteiger partial charge in [-0.2, -0.15) is 0 Å². The van der Waals surface area contributed by atoms with Gasteiger partial charge in [0.05, 0.1) is 0 Å². The molecule has 1 unspecified atom stereocenters. The molecule has 1 fully saturated rings. The zero-order chi connectivity index (χ0) is 14.5. The van der Waals surface area contributed by atoms with Gasteiger partial charge in [-0.1, -0.05) is 37.6 Å². The number of nitrogens with zero attached hydrogens (tertiary/aromatic N) is 2. The summed E-state index contributed by atoms with van der Waals surface area (Å²) >= 11 is 0. The Kier molecular flexibility index (Phi) is 4.51. The van der Waals surface area contributed by atoms with Crippen molar-refractivity contribution in [2.24, 2.45) is 0 Å². The molecule has 0 amide bonds. The summed E-state index contributed by atoms with van der Waals surface area (Å²) in [5, 5.41) is 3.48. The van der Waals surface area contributed by atoms with Crippen molar-refractivity contribution in [3.05, 3.63) is 54.2 Å².